The molecule has 3 aromatic rings. The van der Waals surface area contributed by atoms with Crippen LogP contribution in [0, 0.1) is 0 Å². The van der Waals surface area contributed by atoms with Crippen molar-refractivity contribution in [2.45, 2.75) is 18.5 Å². The van der Waals surface area contributed by atoms with Crippen LogP contribution in [0.5, 0.6) is 11.6 Å². The standard InChI is InChI=1S/C28H34N6O7/c29-28-23(15-22(31-32-28)21-4-1-2-5-24(21)35)33-16-20-14-19(33)17-34(20)25-6-3-7-26(30-25)41-13-12-39-9-8-38-10-11-40-18-27(36)37/h1-7,15,19-20,35H,8-14,16-18H2,(H2,29,32)(H,36,37)/t19-,20-/m1/s1. The maximum absolute atomic E-state index is 10.4. The van der Waals surface area contributed by atoms with Crippen LogP contribution >= 0.6 is 0 Å². The molecule has 2 bridgehead atoms. The van der Waals surface area contributed by atoms with E-state index < -0.39 is 5.97 Å². The third kappa shape index (κ3) is 7.12. The zero-order chi connectivity index (χ0) is 28.6. The molecule has 5 rings (SSSR count). The molecule has 4 N–H and O–H groups in total. The zero-order valence-electron chi connectivity index (χ0n) is 22.6. The molecule has 13 nitrogen and oxygen atoms in total. The van der Waals surface area contributed by atoms with Crippen LogP contribution in [-0.4, -0.2) is 103 Å². The summed E-state index contributed by atoms with van der Waals surface area (Å²) in [6.07, 6.45) is 0.974. The third-order valence-corrected chi connectivity index (χ3v) is 6.98. The first-order valence-electron chi connectivity index (χ1n) is 13.5. The Hall–Kier alpha value is -4.20. The van der Waals surface area contributed by atoms with Crippen LogP contribution in [0.15, 0.2) is 48.5 Å². The number of carboxylic acid groups (broad SMARTS) is 1. The molecule has 0 saturated carbocycles. The highest BCUT2D eigenvalue weighted by Gasteiger charge is 2.44. The minimum atomic E-state index is -1.00. The van der Waals surface area contributed by atoms with Gasteiger partial charge in [0.1, 0.15) is 24.8 Å². The van der Waals surface area contributed by atoms with Gasteiger partial charge in [-0.25, -0.2) is 4.79 Å². The molecule has 2 fully saturated rings. The predicted molar refractivity (Wildman–Crippen MR) is 150 cm³/mol. The van der Waals surface area contributed by atoms with E-state index in [0.29, 0.717) is 56.0 Å². The molecule has 1 aromatic carbocycles. The number of anilines is 3. The van der Waals surface area contributed by atoms with Crippen molar-refractivity contribution in [1.82, 2.24) is 15.2 Å². The number of hydrogen-bond donors (Lipinski definition) is 3. The van der Waals surface area contributed by atoms with Crippen molar-refractivity contribution >= 4 is 23.3 Å². The summed E-state index contributed by atoms with van der Waals surface area (Å²) < 4.78 is 21.5. The lowest BCUT2D eigenvalue weighted by Gasteiger charge is -2.36. The summed E-state index contributed by atoms with van der Waals surface area (Å²) in [6, 6.07) is 15.2. The molecule has 41 heavy (non-hydrogen) atoms. The number of hydrogen-bond acceptors (Lipinski definition) is 12. The van der Waals surface area contributed by atoms with E-state index in [9.17, 15) is 9.90 Å². The molecule has 2 aliphatic heterocycles. The van der Waals surface area contributed by atoms with E-state index in [2.05, 4.69) is 20.0 Å². The van der Waals surface area contributed by atoms with Gasteiger partial charge < -0.3 is 44.7 Å². The fourth-order valence-electron chi connectivity index (χ4n) is 5.13. The van der Waals surface area contributed by atoms with Crippen molar-refractivity contribution < 1.29 is 34.0 Å². The summed E-state index contributed by atoms with van der Waals surface area (Å²) in [5.74, 6) is 0.920. The number of para-hydroxylation sites is 1. The normalized spacial score (nSPS) is 17.8. The Kier molecular flexibility index (Phi) is 9.29. The Morgan fingerprint density at radius 2 is 1.61 bits per heavy atom. The Labute approximate surface area is 237 Å². The van der Waals surface area contributed by atoms with Crippen molar-refractivity contribution in [1.29, 1.82) is 0 Å². The van der Waals surface area contributed by atoms with Crippen molar-refractivity contribution in [3.63, 3.8) is 0 Å². The summed E-state index contributed by atoms with van der Waals surface area (Å²) in [7, 11) is 0. The minimum Gasteiger partial charge on any atom is -0.507 e. The van der Waals surface area contributed by atoms with Crippen LogP contribution in [0.3, 0.4) is 0 Å². The quantitative estimate of drug-likeness (QED) is 0.228. The second-order valence-corrected chi connectivity index (χ2v) is 9.72. The van der Waals surface area contributed by atoms with Gasteiger partial charge in [-0.2, -0.15) is 4.98 Å². The number of fused-ring (bicyclic) bond motifs is 2. The van der Waals surface area contributed by atoms with Crippen LogP contribution in [0.25, 0.3) is 11.3 Å². The summed E-state index contributed by atoms with van der Waals surface area (Å²) in [6.45, 7) is 3.30. The average molecular weight is 567 g/mol. The Morgan fingerprint density at radius 1 is 0.902 bits per heavy atom. The highest BCUT2D eigenvalue weighted by atomic mass is 16.6. The number of carboxylic acids is 1. The number of ether oxygens (including phenoxy) is 4. The molecular formula is C28H34N6O7. The minimum absolute atomic E-state index is 0.151. The van der Waals surface area contributed by atoms with Gasteiger partial charge in [0.15, 0.2) is 5.82 Å². The van der Waals surface area contributed by atoms with E-state index in [1.165, 1.54) is 0 Å². The van der Waals surface area contributed by atoms with Gasteiger partial charge in [0.25, 0.3) is 0 Å². The van der Waals surface area contributed by atoms with Crippen molar-refractivity contribution in [3.8, 4) is 22.9 Å². The maximum Gasteiger partial charge on any atom is 0.329 e. The van der Waals surface area contributed by atoms with E-state index in [-0.39, 0.29) is 31.0 Å². The van der Waals surface area contributed by atoms with Gasteiger partial charge in [0.2, 0.25) is 5.88 Å². The first kappa shape index (κ1) is 28.3. The SMILES string of the molecule is Nc1nnc(-c2ccccc2O)cc1N1C[C@H]2C[C@@H]1CN2c1cccc(OCCOCCOCCOCC(=O)O)n1. The number of nitrogens with two attached hydrogens (primary N) is 1. The summed E-state index contributed by atoms with van der Waals surface area (Å²) in [5.41, 5.74) is 8.27. The van der Waals surface area contributed by atoms with Crippen LogP contribution in [0.1, 0.15) is 6.42 Å². The number of phenols is 1. The molecule has 2 atom stereocenters. The first-order valence-corrected chi connectivity index (χ1v) is 13.5. The number of benzene rings is 1. The molecule has 2 aliphatic rings. The zero-order valence-corrected chi connectivity index (χ0v) is 22.6. The largest absolute Gasteiger partial charge is 0.507 e. The highest BCUT2D eigenvalue weighted by molar-refractivity contribution is 5.75. The molecule has 2 saturated heterocycles. The molecule has 0 unspecified atom stereocenters. The first-order chi connectivity index (χ1) is 20.0. The molecule has 0 amide bonds. The molecular weight excluding hydrogens is 532 g/mol. The molecule has 2 aromatic heterocycles. The van der Waals surface area contributed by atoms with E-state index in [1.807, 2.05) is 36.4 Å². The number of rotatable bonds is 15. The van der Waals surface area contributed by atoms with Crippen LogP contribution in [-0.2, 0) is 19.0 Å². The Morgan fingerprint density at radius 3 is 2.34 bits per heavy atom. The maximum atomic E-state index is 10.4. The van der Waals surface area contributed by atoms with Crippen LogP contribution in [0.2, 0.25) is 0 Å². The van der Waals surface area contributed by atoms with Crippen molar-refractivity contribution in [2.75, 3.05) is 74.9 Å². The van der Waals surface area contributed by atoms with Crippen molar-refractivity contribution in [3.05, 3.63) is 48.5 Å². The highest BCUT2D eigenvalue weighted by Crippen LogP contribution is 2.40. The topological polar surface area (TPSA) is 166 Å². The predicted octanol–water partition coefficient (Wildman–Crippen LogP) is 1.81. The van der Waals surface area contributed by atoms with Crippen LogP contribution < -0.4 is 20.3 Å². The molecule has 0 radical (unpaired) electrons. The summed E-state index contributed by atoms with van der Waals surface area (Å²) in [5, 5.41) is 27.1. The molecule has 4 heterocycles. The number of aromatic nitrogens is 3. The number of piperazine rings is 1. The average Bonchev–Trinajstić information content (AvgIpc) is 3.58. The number of pyridine rings is 1. The fourth-order valence-corrected chi connectivity index (χ4v) is 5.13. The molecule has 13 heteroatoms. The Balaban J connectivity index is 1.08. The van der Waals surface area contributed by atoms with E-state index in [4.69, 9.17) is 34.8 Å². The molecule has 0 aliphatic carbocycles. The third-order valence-electron chi connectivity index (χ3n) is 6.98. The number of nitrogen functional groups attached to an aromatic ring is 1. The summed E-state index contributed by atoms with van der Waals surface area (Å²) >= 11 is 0. The van der Waals surface area contributed by atoms with Gasteiger partial charge in [-0.1, -0.05) is 18.2 Å². The van der Waals surface area contributed by atoms with Gasteiger partial charge in [-0.05, 0) is 30.7 Å². The molecule has 0 spiro atoms. The number of aromatic hydroxyl groups is 1. The van der Waals surface area contributed by atoms with Gasteiger partial charge >= 0.3 is 5.97 Å². The van der Waals surface area contributed by atoms with Gasteiger partial charge in [0, 0.05) is 30.8 Å². The summed E-state index contributed by atoms with van der Waals surface area (Å²) in [4.78, 5) is 19.7. The number of phenolic OH excluding ortho intramolecular Hbond substituents is 1. The monoisotopic (exact) mass is 566 g/mol. The van der Waals surface area contributed by atoms with E-state index in [1.54, 1.807) is 12.1 Å². The van der Waals surface area contributed by atoms with Gasteiger partial charge in [-0.3, -0.25) is 0 Å². The van der Waals surface area contributed by atoms with E-state index in [0.717, 1.165) is 31.0 Å². The lowest BCUT2D eigenvalue weighted by atomic mass is 10.1. The second-order valence-electron chi connectivity index (χ2n) is 9.72. The number of aliphatic carboxylic acids is 1. The number of carbonyl (C=O) groups is 1. The van der Waals surface area contributed by atoms with E-state index >= 15 is 0 Å². The molecule has 218 valence electrons. The van der Waals surface area contributed by atoms with Crippen LogP contribution in [0.4, 0.5) is 17.3 Å². The van der Waals surface area contributed by atoms with Gasteiger partial charge in [-0.15, -0.1) is 10.2 Å². The number of nitrogens with zero attached hydrogens (tertiary/aromatic N) is 5. The van der Waals surface area contributed by atoms with Gasteiger partial charge in [0.05, 0.1) is 50.5 Å². The lowest BCUT2D eigenvalue weighted by Crippen LogP contribution is -2.47. The lowest BCUT2D eigenvalue weighted by molar-refractivity contribution is -0.142. The Bertz CT molecular complexity index is 1330. The smallest absolute Gasteiger partial charge is 0.329 e. The van der Waals surface area contributed by atoms with Crippen molar-refractivity contribution in [2.24, 2.45) is 0 Å². The fraction of sp³-hybridized carbons (Fsp3) is 0.429. The second kappa shape index (κ2) is 13.4.